The number of urea groups is 1. The van der Waals surface area contributed by atoms with Crippen molar-refractivity contribution >= 4 is 23.8 Å². The molecular formula is C12H19N3O5. The van der Waals surface area contributed by atoms with Crippen LogP contribution < -0.4 is 16.0 Å². The number of aliphatic carboxylic acids is 1. The number of carboxylic acids is 1. The lowest BCUT2D eigenvalue weighted by molar-refractivity contribution is -0.142. The zero-order chi connectivity index (χ0) is 15.5. The zero-order valence-corrected chi connectivity index (χ0v) is 11.6. The predicted octanol–water partition coefficient (Wildman–Crippen LogP) is -0.410. The van der Waals surface area contributed by atoms with Gasteiger partial charge in [0.25, 0.3) is 0 Å². The lowest BCUT2D eigenvalue weighted by Crippen LogP contribution is -2.58. The van der Waals surface area contributed by atoms with Crippen molar-refractivity contribution in [1.29, 1.82) is 0 Å². The molecule has 4 N–H and O–H groups in total. The number of carbonyl (C=O) groups is 4. The van der Waals surface area contributed by atoms with Crippen LogP contribution in [0.2, 0.25) is 0 Å². The van der Waals surface area contributed by atoms with Gasteiger partial charge in [-0.2, -0.15) is 0 Å². The van der Waals surface area contributed by atoms with Gasteiger partial charge in [0.05, 0.1) is 0 Å². The highest BCUT2D eigenvalue weighted by atomic mass is 16.4. The summed E-state index contributed by atoms with van der Waals surface area (Å²) in [4.78, 5) is 45.3. The van der Waals surface area contributed by atoms with Gasteiger partial charge in [-0.05, 0) is 11.8 Å². The first-order valence-electron chi connectivity index (χ1n) is 6.25. The zero-order valence-electron chi connectivity index (χ0n) is 11.6. The molecule has 0 radical (unpaired) electrons. The first kappa shape index (κ1) is 15.9. The Morgan fingerprint density at radius 3 is 2.40 bits per heavy atom. The van der Waals surface area contributed by atoms with Crippen LogP contribution in [0.1, 0.15) is 33.6 Å². The second-order valence-electron chi connectivity index (χ2n) is 5.76. The number of hydrogen-bond donors (Lipinski definition) is 4. The van der Waals surface area contributed by atoms with E-state index in [1.807, 2.05) is 0 Å². The largest absolute Gasteiger partial charge is 0.480 e. The van der Waals surface area contributed by atoms with E-state index in [9.17, 15) is 19.2 Å². The van der Waals surface area contributed by atoms with E-state index >= 15 is 0 Å². The summed E-state index contributed by atoms with van der Waals surface area (Å²) in [6, 6.07) is -2.67. The Hall–Kier alpha value is -2.12. The van der Waals surface area contributed by atoms with Gasteiger partial charge < -0.3 is 15.7 Å². The highest BCUT2D eigenvalue weighted by molar-refractivity contribution is 6.01. The van der Waals surface area contributed by atoms with Crippen molar-refractivity contribution < 1.29 is 24.3 Å². The van der Waals surface area contributed by atoms with Gasteiger partial charge in [-0.1, -0.05) is 20.8 Å². The Labute approximate surface area is 116 Å². The molecule has 1 rings (SSSR count). The van der Waals surface area contributed by atoms with Crippen molar-refractivity contribution in [1.82, 2.24) is 16.0 Å². The summed E-state index contributed by atoms with van der Waals surface area (Å²) >= 11 is 0. The van der Waals surface area contributed by atoms with Crippen molar-refractivity contribution in [2.75, 3.05) is 0 Å². The molecule has 4 amide bonds. The Morgan fingerprint density at radius 2 is 1.95 bits per heavy atom. The Kier molecular flexibility index (Phi) is 4.69. The molecule has 8 heteroatoms. The molecule has 0 aromatic rings. The quantitative estimate of drug-likeness (QED) is 0.525. The second kappa shape index (κ2) is 5.89. The standard InChI is InChI=1S/C12H19N3O5/c1-12(2,3)8(10(18)19)15-11(20)13-6-4-5-7(16)14-9(6)17/h6,8H,4-5H2,1-3H3,(H,18,19)(H2,13,15,20)(H,14,16,17)/t6?,8-/m0/s1. The molecule has 1 saturated heterocycles. The van der Waals surface area contributed by atoms with E-state index < -0.39 is 35.4 Å². The van der Waals surface area contributed by atoms with E-state index in [0.717, 1.165) is 0 Å². The Balaban J connectivity index is 2.61. The lowest BCUT2D eigenvalue weighted by atomic mass is 9.87. The average molecular weight is 285 g/mol. The fraction of sp³-hybridized carbons (Fsp3) is 0.667. The number of nitrogens with one attached hydrogen (secondary N) is 3. The molecule has 0 aliphatic carbocycles. The van der Waals surface area contributed by atoms with Gasteiger partial charge in [0.1, 0.15) is 12.1 Å². The minimum Gasteiger partial charge on any atom is -0.480 e. The summed E-state index contributed by atoms with van der Waals surface area (Å²) in [6.45, 7) is 5.04. The maximum absolute atomic E-state index is 11.7. The topological polar surface area (TPSA) is 125 Å². The van der Waals surface area contributed by atoms with Crippen LogP contribution in [0.5, 0.6) is 0 Å². The van der Waals surface area contributed by atoms with Crippen LogP contribution in [0.3, 0.4) is 0 Å². The van der Waals surface area contributed by atoms with E-state index in [4.69, 9.17) is 5.11 Å². The summed E-state index contributed by atoms with van der Waals surface area (Å²) in [6.07, 6.45) is 0.337. The minimum atomic E-state index is -1.16. The summed E-state index contributed by atoms with van der Waals surface area (Å²) < 4.78 is 0. The molecule has 0 spiro atoms. The lowest BCUT2D eigenvalue weighted by Gasteiger charge is -2.29. The van der Waals surface area contributed by atoms with Gasteiger partial charge in [0.15, 0.2) is 0 Å². The molecule has 0 aromatic carbocycles. The molecule has 0 saturated carbocycles. The summed E-state index contributed by atoms with van der Waals surface area (Å²) in [5.41, 5.74) is -0.673. The molecule has 20 heavy (non-hydrogen) atoms. The van der Waals surface area contributed by atoms with Gasteiger partial charge in [-0.25, -0.2) is 9.59 Å². The van der Waals surface area contributed by atoms with Crippen LogP contribution in [-0.4, -0.2) is 41.0 Å². The van der Waals surface area contributed by atoms with Gasteiger partial charge in [0.2, 0.25) is 11.8 Å². The van der Waals surface area contributed by atoms with Crippen molar-refractivity contribution in [3.05, 3.63) is 0 Å². The molecule has 2 atom stereocenters. The highest BCUT2D eigenvalue weighted by Gasteiger charge is 2.34. The van der Waals surface area contributed by atoms with Crippen LogP contribution in [0.15, 0.2) is 0 Å². The number of carboxylic acid groups (broad SMARTS) is 1. The fourth-order valence-corrected chi connectivity index (χ4v) is 1.81. The Bertz CT molecular complexity index is 441. The molecule has 8 nitrogen and oxygen atoms in total. The fourth-order valence-electron chi connectivity index (χ4n) is 1.81. The molecule has 0 aromatic heterocycles. The summed E-state index contributed by atoms with van der Waals surface area (Å²) in [7, 11) is 0. The van der Waals surface area contributed by atoms with Crippen LogP contribution in [0, 0.1) is 5.41 Å². The number of carbonyl (C=O) groups excluding carboxylic acids is 3. The van der Waals surface area contributed by atoms with Crippen molar-refractivity contribution in [3.63, 3.8) is 0 Å². The third-order valence-electron chi connectivity index (χ3n) is 2.93. The van der Waals surface area contributed by atoms with Gasteiger partial charge >= 0.3 is 12.0 Å². The number of imide groups is 1. The maximum atomic E-state index is 11.7. The first-order chi connectivity index (χ1) is 9.11. The minimum absolute atomic E-state index is 0.137. The number of piperidine rings is 1. The smallest absolute Gasteiger partial charge is 0.326 e. The molecule has 1 heterocycles. The number of amides is 4. The number of hydrogen-bond acceptors (Lipinski definition) is 4. The van der Waals surface area contributed by atoms with Crippen molar-refractivity contribution in [2.45, 2.75) is 45.7 Å². The second-order valence-corrected chi connectivity index (χ2v) is 5.76. The van der Waals surface area contributed by atoms with Gasteiger partial charge in [-0.3, -0.25) is 14.9 Å². The van der Waals surface area contributed by atoms with E-state index in [1.54, 1.807) is 20.8 Å². The first-order valence-corrected chi connectivity index (χ1v) is 6.25. The maximum Gasteiger partial charge on any atom is 0.326 e. The summed E-state index contributed by atoms with van der Waals surface area (Å²) in [5, 5.41) is 15.9. The molecule has 1 aliphatic rings. The van der Waals surface area contributed by atoms with Crippen molar-refractivity contribution in [2.24, 2.45) is 5.41 Å². The molecular weight excluding hydrogens is 266 g/mol. The third kappa shape index (κ3) is 4.22. The molecule has 112 valence electrons. The molecule has 1 fully saturated rings. The van der Waals surface area contributed by atoms with Crippen LogP contribution in [-0.2, 0) is 14.4 Å². The SMILES string of the molecule is CC(C)(C)[C@@H](NC(=O)NC1CCC(=O)NC1=O)C(=O)O. The highest BCUT2D eigenvalue weighted by Crippen LogP contribution is 2.19. The number of rotatable bonds is 3. The Morgan fingerprint density at radius 1 is 1.35 bits per heavy atom. The predicted molar refractivity (Wildman–Crippen MR) is 68.7 cm³/mol. The normalized spacial score (nSPS) is 20.9. The molecule has 1 unspecified atom stereocenters. The molecule has 0 bridgehead atoms. The third-order valence-corrected chi connectivity index (χ3v) is 2.93. The van der Waals surface area contributed by atoms with E-state index in [2.05, 4.69) is 16.0 Å². The van der Waals surface area contributed by atoms with Crippen LogP contribution in [0.4, 0.5) is 4.79 Å². The van der Waals surface area contributed by atoms with Crippen LogP contribution in [0.25, 0.3) is 0 Å². The van der Waals surface area contributed by atoms with E-state index in [0.29, 0.717) is 0 Å². The van der Waals surface area contributed by atoms with E-state index in [-0.39, 0.29) is 18.7 Å². The van der Waals surface area contributed by atoms with E-state index in [1.165, 1.54) is 0 Å². The average Bonchev–Trinajstić information content (AvgIpc) is 2.28. The van der Waals surface area contributed by atoms with Crippen molar-refractivity contribution in [3.8, 4) is 0 Å². The molecule has 1 aliphatic heterocycles. The summed E-state index contributed by atoms with van der Waals surface area (Å²) in [5.74, 6) is -2.12. The van der Waals surface area contributed by atoms with Gasteiger partial charge in [-0.15, -0.1) is 0 Å². The van der Waals surface area contributed by atoms with Crippen LogP contribution >= 0.6 is 0 Å². The monoisotopic (exact) mass is 285 g/mol. The van der Waals surface area contributed by atoms with Gasteiger partial charge in [0, 0.05) is 6.42 Å².